The summed E-state index contributed by atoms with van der Waals surface area (Å²) in [6.07, 6.45) is 4.72. The van der Waals surface area contributed by atoms with Crippen LogP contribution in [-0.2, 0) is 0 Å². The van der Waals surface area contributed by atoms with Crippen LogP contribution >= 0.6 is 11.8 Å². The molecule has 0 spiro atoms. The minimum atomic E-state index is 0.477. The highest BCUT2D eigenvalue weighted by molar-refractivity contribution is 8.00. The second kappa shape index (κ2) is 5.69. The first-order valence-corrected chi connectivity index (χ1v) is 7.13. The summed E-state index contributed by atoms with van der Waals surface area (Å²) in [6.45, 7) is 5.24. The quantitative estimate of drug-likeness (QED) is 0.870. The van der Waals surface area contributed by atoms with Crippen LogP contribution in [-0.4, -0.2) is 22.5 Å². The van der Waals surface area contributed by atoms with E-state index in [0.29, 0.717) is 6.04 Å². The summed E-state index contributed by atoms with van der Waals surface area (Å²) in [7, 11) is 0. The van der Waals surface area contributed by atoms with Crippen molar-refractivity contribution in [2.45, 2.75) is 38.0 Å². The van der Waals surface area contributed by atoms with E-state index in [-0.39, 0.29) is 0 Å². The van der Waals surface area contributed by atoms with Crippen molar-refractivity contribution < 1.29 is 0 Å². The highest BCUT2D eigenvalue weighted by Crippen LogP contribution is 2.35. The number of aromatic nitrogens is 1. The van der Waals surface area contributed by atoms with Gasteiger partial charge in [-0.2, -0.15) is 11.8 Å². The van der Waals surface area contributed by atoms with Gasteiger partial charge in [0.25, 0.3) is 0 Å². The third-order valence-corrected chi connectivity index (χ3v) is 4.51. The summed E-state index contributed by atoms with van der Waals surface area (Å²) in [4.78, 5) is 4.40. The second-order valence-corrected chi connectivity index (χ2v) is 5.67. The van der Waals surface area contributed by atoms with Gasteiger partial charge in [-0.1, -0.05) is 13.0 Å². The third kappa shape index (κ3) is 2.77. The third-order valence-electron chi connectivity index (χ3n) is 3.05. The Bertz CT molecular complexity index is 317. The standard InChI is InChI=1S/C13H20N2S/c1-3-14-13(12-5-4-8-16-12)11-7-6-10(2)15-9-11/h6-7,9,12-14H,3-5,8H2,1-2H3. The van der Waals surface area contributed by atoms with E-state index < -0.39 is 0 Å². The van der Waals surface area contributed by atoms with Gasteiger partial charge in [-0.15, -0.1) is 0 Å². The lowest BCUT2D eigenvalue weighted by molar-refractivity contribution is 0.518. The molecular formula is C13H20N2S. The molecule has 0 saturated carbocycles. The molecule has 2 heterocycles. The van der Waals surface area contributed by atoms with Crippen molar-refractivity contribution in [2.24, 2.45) is 0 Å². The molecule has 1 N–H and O–H groups in total. The molecule has 0 amide bonds. The van der Waals surface area contributed by atoms with Gasteiger partial charge in [-0.25, -0.2) is 0 Å². The highest BCUT2D eigenvalue weighted by Gasteiger charge is 2.26. The fourth-order valence-corrected chi connectivity index (χ4v) is 3.63. The number of pyridine rings is 1. The van der Waals surface area contributed by atoms with Gasteiger partial charge in [-0.05, 0) is 43.7 Å². The summed E-state index contributed by atoms with van der Waals surface area (Å²) < 4.78 is 0. The molecule has 2 nitrogen and oxygen atoms in total. The Morgan fingerprint density at radius 3 is 3.00 bits per heavy atom. The zero-order chi connectivity index (χ0) is 11.4. The molecule has 0 bridgehead atoms. The average molecular weight is 236 g/mol. The molecule has 88 valence electrons. The monoisotopic (exact) mass is 236 g/mol. The average Bonchev–Trinajstić information content (AvgIpc) is 2.81. The first-order chi connectivity index (χ1) is 7.81. The minimum absolute atomic E-state index is 0.477. The van der Waals surface area contributed by atoms with Crippen molar-refractivity contribution in [2.75, 3.05) is 12.3 Å². The van der Waals surface area contributed by atoms with Crippen molar-refractivity contribution in [3.63, 3.8) is 0 Å². The van der Waals surface area contributed by atoms with Gasteiger partial charge in [0, 0.05) is 23.2 Å². The molecule has 1 aromatic rings. The van der Waals surface area contributed by atoms with E-state index in [1.54, 1.807) is 0 Å². The van der Waals surface area contributed by atoms with E-state index in [1.807, 2.05) is 13.1 Å². The summed E-state index contributed by atoms with van der Waals surface area (Å²) in [5.74, 6) is 1.31. The van der Waals surface area contributed by atoms with Gasteiger partial charge in [-0.3, -0.25) is 4.98 Å². The van der Waals surface area contributed by atoms with Gasteiger partial charge in [0.1, 0.15) is 0 Å². The van der Waals surface area contributed by atoms with Crippen LogP contribution in [0.15, 0.2) is 18.3 Å². The SMILES string of the molecule is CCNC(c1ccc(C)nc1)C1CCCS1. The molecule has 1 aliphatic rings. The zero-order valence-electron chi connectivity index (χ0n) is 10.1. The predicted molar refractivity (Wildman–Crippen MR) is 70.9 cm³/mol. The van der Waals surface area contributed by atoms with Crippen LogP contribution in [0, 0.1) is 6.92 Å². The van der Waals surface area contributed by atoms with E-state index in [4.69, 9.17) is 0 Å². The summed E-state index contributed by atoms with van der Waals surface area (Å²) in [5.41, 5.74) is 2.44. The van der Waals surface area contributed by atoms with Gasteiger partial charge < -0.3 is 5.32 Å². The van der Waals surface area contributed by atoms with Crippen molar-refractivity contribution in [3.05, 3.63) is 29.6 Å². The molecule has 2 rings (SSSR count). The van der Waals surface area contributed by atoms with E-state index in [2.05, 4.69) is 41.1 Å². The lowest BCUT2D eigenvalue weighted by Crippen LogP contribution is -2.28. The van der Waals surface area contributed by atoms with Crippen molar-refractivity contribution in [1.82, 2.24) is 10.3 Å². The summed E-state index contributed by atoms with van der Waals surface area (Å²) in [6, 6.07) is 4.80. The normalized spacial score (nSPS) is 22.2. The number of rotatable bonds is 4. The summed E-state index contributed by atoms with van der Waals surface area (Å²) >= 11 is 2.10. The molecule has 0 radical (unpaired) electrons. The Morgan fingerprint density at radius 1 is 1.56 bits per heavy atom. The van der Waals surface area contributed by atoms with E-state index in [0.717, 1.165) is 17.5 Å². The number of thioether (sulfide) groups is 1. The van der Waals surface area contributed by atoms with Crippen LogP contribution in [0.2, 0.25) is 0 Å². The lowest BCUT2D eigenvalue weighted by Gasteiger charge is -2.23. The highest BCUT2D eigenvalue weighted by atomic mass is 32.2. The topological polar surface area (TPSA) is 24.9 Å². The van der Waals surface area contributed by atoms with Crippen LogP contribution in [0.4, 0.5) is 0 Å². The fourth-order valence-electron chi connectivity index (χ4n) is 2.21. The Kier molecular flexibility index (Phi) is 4.24. The minimum Gasteiger partial charge on any atom is -0.309 e. The second-order valence-electron chi connectivity index (χ2n) is 4.32. The number of aryl methyl sites for hydroxylation is 1. The molecule has 0 aliphatic carbocycles. The fraction of sp³-hybridized carbons (Fsp3) is 0.615. The molecular weight excluding hydrogens is 216 g/mol. The van der Waals surface area contributed by atoms with Crippen LogP contribution in [0.1, 0.15) is 37.1 Å². The molecule has 2 atom stereocenters. The molecule has 3 heteroatoms. The first kappa shape index (κ1) is 11.9. The van der Waals surface area contributed by atoms with Crippen LogP contribution in [0.25, 0.3) is 0 Å². The van der Waals surface area contributed by atoms with Gasteiger partial charge in [0.2, 0.25) is 0 Å². The molecule has 0 aromatic carbocycles. The van der Waals surface area contributed by atoms with Crippen LogP contribution in [0.3, 0.4) is 0 Å². The largest absolute Gasteiger partial charge is 0.309 e. The van der Waals surface area contributed by atoms with Gasteiger partial charge in [0.15, 0.2) is 0 Å². The number of hydrogen-bond acceptors (Lipinski definition) is 3. The maximum absolute atomic E-state index is 4.40. The molecule has 16 heavy (non-hydrogen) atoms. The van der Waals surface area contributed by atoms with Gasteiger partial charge >= 0.3 is 0 Å². The van der Waals surface area contributed by atoms with Crippen molar-refractivity contribution >= 4 is 11.8 Å². The first-order valence-electron chi connectivity index (χ1n) is 6.09. The smallest absolute Gasteiger partial charge is 0.0455 e. The summed E-state index contributed by atoms with van der Waals surface area (Å²) in [5, 5.41) is 4.33. The Balaban J connectivity index is 2.14. The van der Waals surface area contributed by atoms with Crippen LogP contribution < -0.4 is 5.32 Å². The van der Waals surface area contributed by atoms with Crippen molar-refractivity contribution in [3.8, 4) is 0 Å². The predicted octanol–water partition coefficient (Wildman–Crippen LogP) is 2.94. The molecule has 1 aromatic heterocycles. The van der Waals surface area contributed by atoms with E-state index >= 15 is 0 Å². The molecule has 1 aliphatic heterocycles. The Labute approximate surface area is 102 Å². The van der Waals surface area contributed by atoms with Crippen molar-refractivity contribution in [1.29, 1.82) is 0 Å². The maximum Gasteiger partial charge on any atom is 0.0455 e. The number of hydrogen-bond donors (Lipinski definition) is 1. The number of nitrogens with one attached hydrogen (secondary N) is 1. The number of nitrogens with zero attached hydrogens (tertiary/aromatic N) is 1. The zero-order valence-corrected chi connectivity index (χ0v) is 10.9. The molecule has 2 unspecified atom stereocenters. The Hall–Kier alpha value is -0.540. The molecule has 1 saturated heterocycles. The maximum atomic E-state index is 4.40. The van der Waals surface area contributed by atoms with Gasteiger partial charge in [0.05, 0.1) is 0 Å². The van der Waals surface area contributed by atoms with E-state index in [1.165, 1.54) is 24.2 Å². The lowest BCUT2D eigenvalue weighted by atomic mass is 10.0. The Morgan fingerprint density at radius 2 is 2.44 bits per heavy atom. The van der Waals surface area contributed by atoms with E-state index in [9.17, 15) is 0 Å². The van der Waals surface area contributed by atoms with Crippen LogP contribution in [0.5, 0.6) is 0 Å². The molecule has 1 fully saturated rings.